The molecule has 2 unspecified atom stereocenters. The lowest BCUT2D eigenvalue weighted by atomic mass is 10.0. The van der Waals surface area contributed by atoms with Crippen LogP contribution in [0.4, 0.5) is 0 Å². The van der Waals surface area contributed by atoms with Crippen LogP contribution in [0.15, 0.2) is 0 Å². The lowest BCUT2D eigenvalue weighted by Crippen LogP contribution is -2.46. The number of aliphatic hydroxyl groups excluding tert-OH is 1. The third kappa shape index (κ3) is 6.47. The fourth-order valence-electron chi connectivity index (χ4n) is 1.27. The summed E-state index contributed by atoms with van der Waals surface area (Å²) in [6.45, 7) is 8.15. The van der Waals surface area contributed by atoms with Gasteiger partial charge in [-0.15, -0.1) is 0 Å². The minimum atomic E-state index is -0.490. The highest BCUT2D eigenvalue weighted by Crippen LogP contribution is 2.03. The van der Waals surface area contributed by atoms with Crippen LogP contribution in [0.2, 0.25) is 0 Å². The van der Waals surface area contributed by atoms with Crippen molar-refractivity contribution in [2.24, 2.45) is 17.6 Å². The van der Waals surface area contributed by atoms with Crippen molar-refractivity contribution in [2.45, 2.75) is 46.3 Å². The van der Waals surface area contributed by atoms with Crippen molar-refractivity contribution in [3.05, 3.63) is 0 Å². The van der Waals surface area contributed by atoms with Gasteiger partial charge in [-0.2, -0.15) is 0 Å². The van der Waals surface area contributed by atoms with E-state index in [9.17, 15) is 9.90 Å². The minimum absolute atomic E-state index is 0.118. The van der Waals surface area contributed by atoms with Crippen LogP contribution >= 0.6 is 0 Å². The molecule has 15 heavy (non-hydrogen) atoms. The number of aliphatic hydroxyl groups is 1. The predicted molar refractivity (Wildman–Crippen MR) is 61.3 cm³/mol. The summed E-state index contributed by atoms with van der Waals surface area (Å²) in [6.07, 6.45) is 0.213. The van der Waals surface area contributed by atoms with Crippen LogP contribution in [-0.2, 0) is 4.79 Å². The van der Waals surface area contributed by atoms with Gasteiger partial charge in [0, 0.05) is 6.54 Å². The molecule has 4 nitrogen and oxygen atoms in total. The van der Waals surface area contributed by atoms with E-state index in [4.69, 9.17) is 5.73 Å². The van der Waals surface area contributed by atoms with Gasteiger partial charge in [-0.05, 0) is 18.3 Å². The van der Waals surface area contributed by atoms with Crippen LogP contribution in [0.1, 0.15) is 34.1 Å². The van der Waals surface area contributed by atoms with Crippen molar-refractivity contribution in [3.8, 4) is 0 Å². The molecule has 0 saturated carbocycles. The van der Waals surface area contributed by atoms with Crippen molar-refractivity contribution in [1.29, 1.82) is 0 Å². The summed E-state index contributed by atoms with van der Waals surface area (Å²) < 4.78 is 0. The molecule has 0 aromatic rings. The zero-order valence-electron chi connectivity index (χ0n) is 10.2. The maximum atomic E-state index is 11.4. The Morgan fingerprint density at radius 2 is 1.87 bits per heavy atom. The molecule has 0 spiro atoms. The van der Waals surface area contributed by atoms with Crippen LogP contribution in [0.5, 0.6) is 0 Å². The molecule has 0 heterocycles. The Bertz CT molecular complexity index is 193. The van der Waals surface area contributed by atoms with Gasteiger partial charge in [0.2, 0.25) is 5.91 Å². The van der Waals surface area contributed by atoms with E-state index in [0.29, 0.717) is 12.3 Å². The van der Waals surface area contributed by atoms with Gasteiger partial charge in [0.1, 0.15) is 0 Å². The largest absolute Gasteiger partial charge is 0.391 e. The quantitative estimate of drug-likeness (QED) is 0.605. The highest BCUT2D eigenvalue weighted by Gasteiger charge is 2.17. The number of carbonyl (C=O) groups excluding carboxylic acids is 1. The van der Waals surface area contributed by atoms with Gasteiger partial charge in [0.05, 0.1) is 12.1 Å². The third-order valence-corrected chi connectivity index (χ3v) is 2.28. The smallest absolute Gasteiger partial charge is 0.237 e. The van der Waals surface area contributed by atoms with Crippen LogP contribution in [0.25, 0.3) is 0 Å². The fraction of sp³-hybridized carbons (Fsp3) is 0.909. The molecule has 0 bridgehead atoms. The van der Waals surface area contributed by atoms with Crippen molar-refractivity contribution in [2.75, 3.05) is 6.54 Å². The number of rotatable bonds is 6. The average Bonchev–Trinajstić information content (AvgIpc) is 2.11. The predicted octanol–water partition coefficient (Wildman–Crippen LogP) is 0.493. The number of hydrogen-bond donors (Lipinski definition) is 3. The Balaban J connectivity index is 3.80. The van der Waals surface area contributed by atoms with Crippen molar-refractivity contribution < 1.29 is 9.90 Å². The molecular weight excluding hydrogens is 192 g/mol. The lowest BCUT2D eigenvalue weighted by molar-refractivity contribution is -0.123. The second kappa shape index (κ2) is 6.80. The SMILES string of the molecule is CC(C)CC(O)CNC(=O)C(N)C(C)C. The molecular formula is C11H24N2O2. The van der Waals surface area contributed by atoms with Gasteiger partial charge in [0.25, 0.3) is 0 Å². The first-order chi connectivity index (χ1) is 6.84. The summed E-state index contributed by atoms with van der Waals surface area (Å²) in [5, 5.41) is 12.2. The molecule has 0 saturated heterocycles. The molecule has 0 aliphatic rings. The highest BCUT2D eigenvalue weighted by atomic mass is 16.3. The second-order valence-corrected chi connectivity index (χ2v) is 4.80. The minimum Gasteiger partial charge on any atom is -0.391 e. The molecule has 0 aliphatic carbocycles. The lowest BCUT2D eigenvalue weighted by Gasteiger charge is -2.18. The first-order valence-corrected chi connectivity index (χ1v) is 5.56. The Morgan fingerprint density at radius 3 is 2.27 bits per heavy atom. The Morgan fingerprint density at radius 1 is 1.33 bits per heavy atom. The van der Waals surface area contributed by atoms with Crippen molar-refractivity contribution in [1.82, 2.24) is 5.32 Å². The molecule has 0 radical (unpaired) electrons. The number of carbonyl (C=O) groups is 1. The summed E-state index contributed by atoms with van der Waals surface area (Å²) in [7, 11) is 0. The van der Waals surface area contributed by atoms with Crippen molar-refractivity contribution >= 4 is 5.91 Å². The summed E-state index contributed by atoms with van der Waals surface area (Å²) in [6, 6.07) is -0.490. The topological polar surface area (TPSA) is 75.3 Å². The van der Waals surface area contributed by atoms with E-state index in [1.807, 2.05) is 27.7 Å². The van der Waals surface area contributed by atoms with E-state index < -0.39 is 12.1 Å². The number of nitrogens with one attached hydrogen (secondary N) is 1. The molecule has 0 fully saturated rings. The zero-order valence-corrected chi connectivity index (χ0v) is 10.2. The zero-order chi connectivity index (χ0) is 12.0. The number of nitrogens with two attached hydrogens (primary N) is 1. The van der Waals surface area contributed by atoms with Gasteiger partial charge in [0.15, 0.2) is 0 Å². The van der Waals surface area contributed by atoms with Gasteiger partial charge < -0.3 is 16.2 Å². The summed E-state index contributed by atoms with van der Waals surface area (Å²) in [5.41, 5.74) is 5.65. The van der Waals surface area contributed by atoms with Gasteiger partial charge >= 0.3 is 0 Å². The maximum Gasteiger partial charge on any atom is 0.237 e. The first-order valence-electron chi connectivity index (χ1n) is 5.56. The molecule has 1 amide bonds. The average molecular weight is 216 g/mol. The molecule has 90 valence electrons. The van der Waals surface area contributed by atoms with Crippen LogP contribution in [0, 0.1) is 11.8 Å². The molecule has 2 atom stereocenters. The molecule has 0 rings (SSSR count). The first kappa shape index (κ1) is 14.4. The molecule has 0 aromatic carbocycles. The van der Waals surface area contributed by atoms with Gasteiger partial charge in [-0.1, -0.05) is 27.7 Å². The molecule has 0 aromatic heterocycles. The van der Waals surface area contributed by atoms with Crippen molar-refractivity contribution in [3.63, 3.8) is 0 Å². The second-order valence-electron chi connectivity index (χ2n) is 4.80. The number of amides is 1. The molecule has 0 aliphatic heterocycles. The summed E-state index contributed by atoms with van der Waals surface area (Å²) >= 11 is 0. The Kier molecular flexibility index (Phi) is 6.52. The normalized spacial score (nSPS) is 15.5. The highest BCUT2D eigenvalue weighted by molar-refractivity contribution is 5.81. The monoisotopic (exact) mass is 216 g/mol. The van der Waals surface area contributed by atoms with E-state index >= 15 is 0 Å². The van der Waals surface area contributed by atoms with Gasteiger partial charge in [-0.25, -0.2) is 0 Å². The number of hydrogen-bond acceptors (Lipinski definition) is 3. The van der Waals surface area contributed by atoms with E-state index in [1.165, 1.54) is 0 Å². The Hall–Kier alpha value is -0.610. The third-order valence-electron chi connectivity index (χ3n) is 2.28. The Labute approximate surface area is 92.2 Å². The van der Waals surface area contributed by atoms with Crippen LogP contribution < -0.4 is 11.1 Å². The van der Waals surface area contributed by atoms with E-state index in [0.717, 1.165) is 0 Å². The molecule has 4 N–H and O–H groups in total. The molecule has 4 heteroatoms. The summed E-state index contributed by atoms with van der Waals surface area (Å²) in [4.78, 5) is 11.4. The van der Waals surface area contributed by atoms with E-state index in [-0.39, 0.29) is 18.4 Å². The summed E-state index contributed by atoms with van der Waals surface area (Å²) in [5.74, 6) is 0.357. The fourth-order valence-corrected chi connectivity index (χ4v) is 1.27. The van der Waals surface area contributed by atoms with Crippen LogP contribution in [0.3, 0.4) is 0 Å². The van der Waals surface area contributed by atoms with Gasteiger partial charge in [-0.3, -0.25) is 4.79 Å². The van der Waals surface area contributed by atoms with E-state index in [2.05, 4.69) is 5.32 Å². The maximum absolute atomic E-state index is 11.4. The van der Waals surface area contributed by atoms with E-state index in [1.54, 1.807) is 0 Å². The van der Waals surface area contributed by atoms with Crippen LogP contribution in [-0.4, -0.2) is 29.7 Å². The standard InChI is InChI=1S/C11H24N2O2/c1-7(2)5-9(14)6-13-11(15)10(12)8(3)4/h7-10,14H,5-6,12H2,1-4H3,(H,13,15).